The van der Waals surface area contributed by atoms with Crippen molar-refractivity contribution in [2.24, 2.45) is 5.92 Å². The van der Waals surface area contributed by atoms with E-state index in [0.717, 1.165) is 16.8 Å². The minimum Gasteiger partial charge on any atom is -0.325 e. The highest BCUT2D eigenvalue weighted by Crippen LogP contribution is 2.23. The Morgan fingerprint density at radius 2 is 1.89 bits per heavy atom. The molecule has 0 aliphatic carbocycles. The van der Waals surface area contributed by atoms with Gasteiger partial charge < -0.3 is 5.32 Å². The molecule has 0 spiro atoms. The molecular weight excluding hydrogens is 250 g/mol. The van der Waals surface area contributed by atoms with Crippen molar-refractivity contribution in [2.75, 3.05) is 16.8 Å². The highest BCUT2D eigenvalue weighted by molar-refractivity contribution is 7.91. The molecule has 1 unspecified atom stereocenters. The summed E-state index contributed by atoms with van der Waals surface area (Å²) in [6.07, 6.45) is 0.430. The molecule has 1 heterocycles. The largest absolute Gasteiger partial charge is 0.325 e. The van der Waals surface area contributed by atoms with E-state index in [9.17, 15) is 13.2 Å². The lowest BCUT2D eigenvalue weighted by atomic mass is 10.1. The number of rotatable bonds is 2. The fourth-order valence-corrected chi connectivity index (χ4v) is 3.98. The number of nitrogens with one attached hydrogen (secondary N) is 1. The van der Waals surface area contributed by atoms with Crippen molar-refractivity contribution in [3.05, 3.63) is 29.3 Å². The number of anilines is 1. The van der Waals surface area contributed by atoms with Gasteiger partial charge in [0.1, 0.15) is 0 Å². The Balaban J connectivity index is 2.13. The van der Waals surface area contributed by atoms with E-state index in [2.05, 4.69) is 5.32 Å². The van der Waals surface area contributed by atoms with Crippen LogP contribution in [-0.4, -0.2) is 25.8 Å². The SMILES string of the molecule is Cc1cccc(C)c1NC(=O)C1CCS(=O)(=O)C1. The maximum Gasteiger partial charge on any atom is 0.228 e. The number of carbonyl (C=O) groups excluding carboxylic acids is 1. The Morgan fingerprint density at radius 1 is 1.28 bits per heavy atom. The van der Waals surface area contributed by atoms with Gasteiger partial charge in [-0.2, -0.15) is 0 Å². The van der Waals surface area contributed by atoms with Gasteiger partial charge in [-0.05, 0) is 31.4 Å². The zero-order valence-corrected chi connectivity index (χ0v) is 11.4. The van der Waals surface area contributed by atoms with Crippen molar-refractivity contribution in [3.63, 3.8) is 0 Å². The highest BCUT2D eigenvalue weighted by Gasteiger charge is 2.33. The molecule has 1 N–H and O–H groups in total. The van der Waals surface area contributed by atoms with Gasteiger partial charge in [-0.3, -0.25) is 4.79 Å². The van der Waals surface area contributed by atoms with Gasteiger partial charge in [-0.1, -0.05) is 18.2 Å². The molecule has 1 aliphatic heterocycles. The molecule has 1 aromatic rings. The Bertz CT molecular complexity index is 558. The molecule has 2 rings (SSSR count). The molecule has 1 fully saturated rings. The first-order chi connectivity index (χ1) is 8.39. The Morgan fingerprint density at radius 3 is 2.39 bits per heavy atom. The van der Waals surface area contributed by atoms with Crippen LogP contribution in [0.4, 0.5) is 5.69 Å². The van der Waals surface area contributed by atoms with E-state index in [-0.39, 0.29) is 17.4 Å². The number of para-hydroxylation sites is 1. The minimum absolute atomic E-state index is 0.0240. The van der Waals surface area contributed by atoms with Gasteiger partial charge in [0.25, 0.3) is 0 Å². The van der Waals surface area contributed by atoms with Gasteiger partial charge in [0.2, 0.25) is 5.91 Å². The second-order valence-electron chi connectivity index (χ2n) is 4.86. The summed E-state index contributed by atoms with van der Waals surface area (Å²) in [6, 6.07) is 5.78. The maximum absolute atomic E-state index is 12.0. The van der Waals surface area contributed by atoms with Crippen LogP contribution >= 0.6 is 0 Å². The van der Waals surface area contributed by atoms with Gasteiger partial charge in [0.05, 0.1) is 17.4 Å². The van der Waals surface area contributed by atoms with E-state index in [0.29, 0.717) is 6.42 Å². The molecule has 0 radical (unpaired) electrons. The Labute approximate surface area is 107 Å². The molecular formula is C13H17NO3S. The first-order valence-corrected chi connectivity index (χ1v) is 7.79. The number of amides is 1. The van der Waals surface area contributed by atoms with Crippen LogP contribution in [0.1, 0.15) is 17.5 Å². The van der Waals surface area contributed by atoms with Crippen molar-refractivity contribution in [2.45, 2.75) is 20.3 Å². The summed E-state index contributed by atoms with van der Waals surface area (Å²) in [6.45, 7) is 3.85. The molecule has 0 bridgehead atoms. The molecule has 0 saturated carbocycles. The first-order valence-electron chi connectivity index (χ1n) is 5.96. The lowest BCUT2D eigenvalue weighted by molar-refractivity contribution is -0.119. The third-order valence-corrected chi connectivity index (χ3v) is 5.10. The monoisotopic (exact) mass is 267 g/mol. The van der Waals surface area contributed by atoms with E-state index in [1.807, 2.05) is 32.0 Å². The number of benzene rings is 1. The second-order valence-corrected chi connectivity index (χ2v) is 7.08. The molecule has 0 aromatic heterocycles. The standard InChI is InChI=1S/C13H17NO3S/c1-9-4-3-5-10(2)12(9)14-13(15)11-6-7-18(16,17)8-11/h3-5,11H,6-8H2,1-2H3,(H,14,15). The molecule has 18 heavy (non-hydrogen) atoms. The Hall–Kier alpha value is -1.36. The maximum atomic E-state index is 12.0. The number of carbonyl (C=O) groups is 1. The summed E-state index contributed by atoms with van der Waals surface area (Å²) >= 11 is 0. The van der Waals surface area contributed by atoms with Crippen LogP contribution in [0.5, 0.6) is 0 Å². The smallest absolute Gasteiger partial charge is 0.228 e. The second kappa shape index (κ2) is 4.72. The third kappa shape index (κ3) is 2.72. The fourth-order valence-electron chi connectivity index (χ4n) is 2.24. The summed E-state index contributed by atoms with van der Waals surface area (Å²) in [5, 5.41) is 2.85. The minimum atomic E-state index is -3.01. The molecule has 4 nitrogen and oxygen atoms in total. The number of hydrogen-bond donors (Lipinski definition) is 1. The lowest BCUT2D eigenvalue weighted by Gasteiger charge is -2.14. The van der Waals surface area contributed by atoms with Crippen LogP contribution < -0.4 is 5.32 Å². The zero-order chi connectivity index (χ0) is 13.3. The van der Waals surface area contributed by atoms with Crippen molar-refractivity contribution in [1.82, 2.24) is 0 Å². The van der Waals surface area contributed by atoms with Crippen molar-refractivity contribution < 1.29 is 13.2 Å². The Kier molecular flexibility index (Phi) is 3.43. The molecule has 5 heteroatoms. The van der Waals surface area contributed by atoms with E-state index in [1.165, 1.54) is 0 Å². The van der Waals surface area contributed by atoms with Crippen LogP contribution in [0.3, 0.4) is 0 Å². The summed E-state index contributed by atoms with van der Waals surface area (Å²) in [7, 11) is -3.01. The molecule has 1 aromatic carbocycles. The molecule has 98 valence electrons. The van der Waals surface area contributed by atoms with E-state index < -0.39 is 15.8 Å². The molecule has 1 saturated heterocycles. The van der Waals surface area contributed by atoms with Crippen LogP contribution in [0.25, 0.3) is 0 Å². The van der Waals surface area contributed by atoms with Crippen LogP contribution in [0, 0.1) is 19.8 Å². The fraction of sp³-hybridized carbons (Fsp3) is 0.462. The molecule has 1 aliphatic rings. The summed E-state index contributed by atoms with van der Waals surface area (Å²) in [5.41, 5.74) is 2.78. The predicted octanol–water partition coefficient (Wildman–Crippen LogP) is 1.68. The van der Waals surface area contributed by atoms with Crippen LogP contribution in [0.2, 0.25) is 0 Å². The van der Waals surface area contributed by atoms with Gasteiger partial charge in [0.15, 0.2) is 9.84 Å². The van der Waals surface area contributed by atoms with Crippen LogP contribution in [0.15, 0.2) is 18.2 Å². The van der Waals surface area contributed by atoms with Crippen molar-refractivity contribution in [1.29, 1.82) is 0 Å². The highest BCUT2D eigenvalue weighted by atomic mass is 32.2. The van der Waals surface area contributed by atoms with Crippen molar-refractivity contribution >= 4 is 21.4 Å². The molecule has 1 atom stereocenters. The third-order valence-electron chi connectivity index (χ3n) is 3.33. The van der Waals surface area contributed by atoms with Gasteiger partial charge in [-0.15, -0.1) is 0 Å². The van der Waals surface area contributed by atoms with Crippen molar-refractivity contribution in [3.8, 4) is 0 Å². The predicted molar refractivity (Wildman–Crippen MR) is 71.3 cm³/mol. The first kappa shape index (κ1) is 13.1. The molecule has 1 amide bonds. The number of sulfone groups is 1. The summed E-state index contributed by atoms with van der Waals surface area (Å²) in [4.78, 5) is 12.0. The average molecular weight is 267 g/mol. The average Bonchev–Trinajstić information content (AvgIpc) is 2.64. The zero-order valence-electron chi connectivity index (χ0n) is 10.6. The van der Waals surface area contributed by atoms with Gasteiger partial charge in [-0.25, -0.2) is 8.42 Å². The number of hydrogen-bond acceptors (Lipinski definition) is 3. The van der Waals surface area contributed by atoms with Gasteiger partial charge >= 0.3 is 0 Å². The van der Waals surface area contributed by atoms with Gasteiger partial charge in [0, 0.05) is 5.69 Å². The lowest BCUT2D eigenvalue weighted by Crippen LogP contribution is -2.24. The summed E-state index contributed by atoms with van der Waals surface area (Å²) < 4.78 is 22.7. The van der Waals surface area contributed by atoms with E-state index >= 15 is 0 Å². The van der Waals surface area contributed by atoms with E-state index in [4.69, 9.17) is 0 Å². The van der Waals surface area contributed by atoms with Crippen LogP contribution in [-0.2, 0) is 14.6 Å². The quantitative estimate of drug-likeness (QED) is 0.886. The number of aryl methyl sites for hydroxylation is 2. The van der Waals surface area contributed by atoms with E-state index in [1.54, 1.807) is 0 Å². The summed E-state index contributed by atoms with van der Waals surface area (Å²) in [5.74, 6) is -0.496. The topological polar surface area (TPSA) is 63.2 Å². The normalized spacial score (nSPS) is 21.8.